The molecular weight excluding hydrogens is 367 g/mol. The zero-order valence-corrected chi connectivity index (χ0v) is 14.5. The summed E-state index contributed by atoms with van der Waals surface area (Å²) < 4.78 is 41.2. The van der Waals surface area contributed by atoms with Crippen LogP contribution in [0.4, 0.5) is 4.39 Å². The molecule has 1 aromatic heterocycles. The van der Waals surface area contributed by atoms with Crippen LogP contribution in [-0.2, 0) is 16.6 Å². The fraction of sp³-hybridized carbons (Fsp3) is 0.125. The summed E-state index contributed by atoms with van der Waals surface area (Å²) in [6.07, 6.45) is 3.02. The molecule has 0 radical (unpaired) electrons. The summed E-state index contributed by atoms with van der Waals surface area (Å²) in [4.78, 5) is 1.27. The van der Waals surface area contributed by atoms with E-state index in [1.54, 1.807) is 12.1 Å². The molecule has 0 saturated heterocycles. The summed E-state index contributed by atoms with van der Waals surface area (Å²) >= 11 is 5.70. The second-order valence-corrected chi connectivity index (χ2v) is 7.37. The van der Waals surface area contributed by atoms with Crippen molar-refractivity contribution >= 4 is 21.6 Å². The van der Waals surface area contributed by atoms with Gasteiger partial charge in [-0.1, -0.05) is 41.9 Å². The number of nitrogens with one attached hydrogen (secondary N) is 1. The van der Waals surface area contributed by atoms with Gasteiger partial charge in [-0.25, -0.2) is 17.5 Å². The smallest absolute Gasteiger partial charge is 0.207 e. The summed E-state index contributed by atoms with van der Waals surface area (Å²) in [6, 6.07) is 11.7. The van der Waals surface area contributed by atoms with Crippen LogP contribution in [0, 0.1) is 5.82 Å². The van der Waals surface area contributed by atoms with E-state index in [2.05, 4.69) is 14.9 Å². The molecule has 130 valence electrons. The van der Waals surface area contributed by atoms with Gasteiger partial charge in [0, 0.05) is 0 Å². The average molecular weight is 381 g/mol. The Morgan fingerprint density at radius 1 is 1.12 bits per heavy atom. The molecule has 0 amide bonds. The Labute approximate surface area is 149 Å². The van der Waals surface area contributed by atoms with Crippen LogP contribution >= 0.6 is 11.6 Å². The summed E-state index contributed by atoms with van der Waals surface area (Å²) in [5, 5.41) is 7.76. The Balaban J connectivity index is 1.92. The molecule has 1 heterocycles. The molecule has 0 saturated carbocycles. The van der Waals surface area contributed by atoms with Crippen molar-refractivity contribution in [3.8, 4) is 0 Å². The van der Waals surface area contributed by atoms with Crippen LogP contribution in [0.15, 0.2) is 65.8 Å². The highest BCUT2D eigenvalue weighted by Crippen LogP contribution is 2.22. The van der Waals surface area contributed by atoms with Gasteiger partial charge >= 0.3 is 0 Å². The van der Waals surface area contributed by atoms with E-state index in [9.17, 15) is 12.8 Å². The number of rotatable bonds is 6. The van der Waals surface area contributed by atoms with E-state index in [0.717, 1.165) is 23.8 Å². The van der Waals surface area contributed by atoms with Crippen molar-refractivity contribution in [2.24, 2.45) is 0 Å². The number of benzene rings is 2. The lowest BCUT2D eigenvalue weighted by Crippen LogP contribution is -2.32. The van der Waals surface area contributed by atoms with E-state index < -0.39 is 21.9 Å². The van der Waals surface area contributed by atoms with Crippen molar-refractivity contribution in [2.45, 2.75) is 17.5 Å². The van der Waals surface area contributed by atoms with Crippen molar-refractivity contribution in [3.63, 3.8) is 0 Å². The third-order valence-electron chi connectivity index (χ3n) is 3.51. The third-order valence-corrected chi connectivity index (χ3v) is 5.27. The van der Waals surface area contributed by atoms with Crippen molar-refractivity contribution < 1.29 is 12.8 Å². The maximum Gasteiger partial charge on any atom is 0.241 e. The zero-order chi connectivity index (χ0) is 17.9. The van der Waals surface area contributed by atoms with Crippen LogP contribution in [0.1, 0.15) is 11.6 Å². The summed E-state index contributed by atoms with van der Waals surface area (Å²) in [5.74, 6) is -0.680. The third kappa shape index (κ3) is 4.22. The van der Waals surface area contributed by atoms with Crippen molar-refractivity contribution in [1.29, 1.82) is 0 Å². The quantitative estimate of drug-likeness (QED) is 0.713. The minimum absolute atomic E-state index is 0.117. The van der Waals surface area contributed by atoms with E-state index in [4.69, 9.17) is 11.6 Å². The lowest BCUT2D eigenvalue weighted by Gasteiger charge is -2.19. The Kier molecular flexibility index (Phi) is 5.12. The molecule has 0 spiro atoms. The SMILES string of the molecule is O=S(=O)(N[C@@H](Cn1nccn1)c1ccccc1)c1ccc(F)c(Cl)c1. The molecule has 0 fully saturated rings. The van der Waals surface area contributed by atoms with E-state index in [1.807, 2.05) is 18.2 Å². The van der Waals surface area contributed by atoms with Gasteiger partial charge in [-0.3, -0.25) is 0 Å². The van der Waals surface area contributed by atoms with E-state index >= 15 is 0 Å². The van der Waals surface area contributed by atoms with E-state index in [0.29, 0.717) is 0 Å². The molecule has 2 aromatic carbocycles. The highest BCUT2D eigenvalue weighted by atomic mass is 35.5. The van der Waals surface area contributed by atoms with Crippen molar-refractivity contribution in [2.75, 3.05) is 0 Å². The van der Waals surface area contributed by atoms with Gasteiger partial charge in [0.05, 0.1) is 34.9 Å². The van der Waals surface area contributed by atoms with Gasteiger partial charge in [-0.15, -0.1) is 0 Å². The first-order valence-electron chi connectivity index (χ1n) is 7.32. The highest BCUT2D eigenvalue weighted by Gasteiger charge is 2.23. The Hall–Kier alpha value is -2.29. The van der Waals surface area contributed by atoms with Crippen LogP contribution in [-0.4, -0.2) is 23.4 Å². The van der Waals surface area contributed by atoms with E-state index in [1.165, 1.54) is 17.2 Å². The first-order valence-corrected chi connectivity index (χ1v) is 9.18. The highest BCUT2D eigenvalue weighted by molar-refractivity contribution is 7.89. The molecule has 0 aliphatic heterocycles. The van der Waals surface area contributed by atoms with E-state index in [-0.39, 0.29) is 16.5 Å². The van der Waals surface area contributed by atoms with Crippen LogP contribution in [0.2, 0.25) is 5.02 Å². The lowest BCUT2D eigenvalue weighted by atomic mass is 10.1. The normalized spacial score (nSPS) is 12.9. The van der Waals surface area contributed by atoms with Crippen molar-refractivity contribution in [3.05, 3.63) is 77.3 Å². The second kappa shape index (κ2) is 7.30. The first-order chi connectivity index (χ1) is 12.0. The Morgan fingerprint density at radius 3 is 2.44 bits per heavy atom. The summed E-state index contributed by atoms with van der Waals surface area (Å²) in [7, 11) is -3.92. The molecule has 0 bridgehead atoms. The fourth-order valence-electron chi connectivity index (χ4n) is 2.30. The minimum atomic E-state index is -3.92. The Morgan fingerprint density at radius 2 is 1.80 bits per heavy atom. The van der Waals surface area contributed by atoms with Gasteiger partial charge in [-0.05, 0) is 23.8 Å². The predicted octanol–water partition coefficient (Wildman–Crippen LogP) is 2.79. The molecular formula is C16H14ClFN4O2S. The number of sulfonamides is 1. The summed E-state index contributed by atoms with van der Waals surface area (Å²) in [6.45, 7) is 0.200. The lowest BCUT2D eigenvalue weighted by molar-refractivity contribution is 0.444. The standard InChI is InChI=1S/C16H14ClFN4O2S/c17-14-10-13(6-7-15(14)18)25(23,24)21-16(11-22-19-8-9-20-22)12-4-2-1-3-5-12/h1-10,16,21H,11H2/t16-/m0/s1. The van der Waals surface area contributed by atoms with Crippen LogP contribution in [0.25, 0.3) is 0 Å². The molecule has 9 heteroatoms. The molecule has 0 unspecified atom stereocenters. The van der Waals surface area contributed by atoms with Gasteiger partial charge in [0.2, 0.25) is 10.0 Å². The fourth-order valence-corrected chi connectivity index (χ4v) is 3.78. The van der Waals surface area contributed by atoms with Gasteiger partial charge in [0.15, 0.2) is 0 Å². The largest absolute Gasteiger partial charge is 0.241 e. The number of halogens is 2. The number of nitrogens with zero attached hydrogens (tertiary/aromatic N) is 3. The van der Waals surface area contributed by atoms with Crippen molar-refractivity contribution in [1.82, 2.24) is 19.7 Å². The number of hydrogen-bond acceptors (Lipinski definition) is 4. The average Bonchev–Trinajstić information content (AvgIpc) is 3.10. The van der Waals surface area contributed by atoms with Gasteiger partial charge in [0.25, 0.3) is 0 Å². The maximum absolute atomic E-state index is 13.3. The molecule has 0 aliphatic rings. The summed E-state index contributed by atoms with van der Waals surface area (Å²) in [5.41, 5.74) is 0.747. The molecule has 25 heavy (non-hydrogen) atoms. The number of aromatic nitrogens is 3. The molecule has 3 aromatic rings. The van der Waals surface area contributed by atoms with Gasteiger partial charge < -0.3 is 0 Å². The van der Waals surface area contributed by atoms with Gasteiger partial charge in [0.1, 0.15) is 5.82 Å². The van der Waals surface area contributed by atoms with Crippen LogP contribution in [0.3, 0.4) is 0 Å². The maximum atomic E-state index is 13.3. The second-order valence-electron chi connectivity index (χ2n) is 5.24. The monoisotopic (exact) mass is 380 g/mol. The first kappa shape index (κ1) is 17.5. The predicted molar refractivity (Wildman–Crippen MR) is 90.9 cm³/mol. The molecule has 0 aliphatic carbocycles. The van der Waals surface area contributed by atoms with Gasteiger partial charge in [-0.2, -0.15) is 15.0 Å². The minimum Gasteiger partial charge on any atom is -0.207 e. The molecule has 1 atom stereocenters. The topological polar surface area (TPSA) is 76.9 Å². The number of hydrogen-bond donors (Lipinski definition) is 1. The van der Waals surface area contributed by atoms with Crippen LogP contribution < -0.4 is 4.72 Å². The molecule has 6 nitrogen and oxygen atoms in total. The molecule has 3 rings (SSSR count). The molecule has 1 N–H and O–H groups in total. The Bertz CT molecular complexity index is 950. The van der Waals surface area contributed by atoms with Crippen LogP contribution in [0.5, 0.6) is 0 Å². The zero-order valence-electron chi connectivity index (χ0n) is 12.9.